The molecule has 2 nitrogen and oxygen atoms in total. The summed E-state index contributed by atoms with van der Waals surface area (Å²) < 4.78 is 2.39. The lowest BCUT2D eigenvalue weighted by Gasteiger charge is -2.27. The third kappa shape index (κ3) is 4.96. The van der Waals surface area contributed by atoms with Crippen LogP contribution < -0.4 is 4.90 Å². The second kappa shape index (κ2) is 12.5. The van der Waals surface area contributed by atoms with Crippen molar-refractivity contribution in [2.45, 2.75) is 0 Å². The van der Waals surface area contributed by atoms with Crippen molar-refractivity contribution in [3.8, 4) is 27.9 Å². The highest BCUT2D eigenvalue weighted by atomic mass is 15.1. The number of hydrogen-bond donors (Lipinski definition) is 0. The van der Waals surface area contributed by atoms with E-state index in [0.29, 0.717) is 0 Å². The smallest absolute Gasteiger partial charge is 0.0547 e. The normalized spacial score (nSPS) is 11.5. The topological polar surface area (TPSA) is 8.17 Å². The SMILES string of the molecule is c1ccc(-n2c3ccccc3c3c(-c4cccc(N(c5ccc(-c6cccc7ccccc67)cc5)c5cccc6ccccc56)c4)cccc32)cc1. The van der Waals surface area contributed by atoms with E-state index in [1.54, 1.807) is 0 Å². The van der Waals surface area contributed by atoms with E-state index in [-0.39, 0.29) is 0 Å². The van der Waals surface area contributed by atoms with Crippen LogP contribution in [0.4, 0.5) is 17.1 Å². The third-order valence-electron chi connectivity index (χ3n) is 10.4. The maximum Gasteiger partial charge on any atom is 0.0547 e. The van der Waals surface area contributed by atoms with Crippen molar-refractivity contribution in [1.29, 1.82) is 0 Å². The van der Waals surface area contributed by atoms with Gasteiger partial charge < -0.3 is 9.47 Å². The van der Waals surface area contributed by atoms with E-state index in [2.05, 4.69) is 216 Å². The van der Waals surface area contributed by atoms with Crippen molar-refractivity contribution in [3.63, 3.8) is 0 Å². The molecule has 0 fully saturated rings. The van der Waals surface area contributed by atoms with Crippen LogP contribution >= 0.6 is 0 Å². The molecule has 52 heavy (non-hydrogen) atoms. The monoisotopic (exact) mass is 662 g/mol. The van der Waals surface area contributed by atoms with Gasteiger partial charge in [-0.05, 0) is 93.0 Å². The highest BCUT2D eigenvalue weighted by molar-refractivity contribution is 6.16. The third-order valence-corrected chi connectivity index (χ3v) is 10.4. The summed E-state index contributed by atoms with van der Waals surface area (Å²) in [5, 5.41) is 7.44. The van der Waals surface area contributed by atoms with Crippen LogP contribution in [0.2, 0.25) is 0 Å². The highest BCUT2D eigenvalue weighted by Gasteiger charge is 2.19. The fraction of sp³-hybridized carbons (Fsp3) is 0. The zero-order valence-corrected chi connectivity index (χ0v) is 28.5. The van der Waals surface area contributed by atoms with Gasteiger partial charge in [0.25, 0.3) is 0 Å². The molecule has 244 valence electrons. The number of rotatable bonds is 6. The van der Waals surface area contributed by atoms with Crippen LogP contribution in [0, 0.1) is 0 Å². The summed E-state index contributed by atoms with van der Waals surface area (Å²) in [4.78, 5) is 2.41. The van der Waals surface area contributed by atoms with Gasteiger partial charge in [-0.25, -0.2) is 0 Å². The summed E-state index contributed by atoms with van der Waals surface area (Å²) in [5.41, 5.74) is 11.8. The maximum atomic E-state index is 2.41. The highest BCUT2D eigenvalue weighted by Crippen LogP contribution is 2.43. The summed E-state index contributed by atoms with van der Waals surface area (Å²) >= 11 is 0. The van der Waals surface area contributed by atoms with Gasteiger partial charge in [0.05, 0.1) is 16.7 Å². The molecule has 9 aromatic carbocycles. The number of fused-ring (bicyclic) bond motifs is 5. The molecule has 0 spiro atoms. The lowest BCUT2D eigenvalue weighted by Crippen LogP contribution is -2.10. The number of nitrogens with zero attached hydrogens (tertiary/aromatic N) is 2. The van der Waals surface area contributed by atoms with Crippen LogP contribution in [0.25, 0.3) is 71.3 Å². The standard InChI is InChI=1S/C50H34N2/c1-2-19-39(20-3-1)52-48-27-9-8-24-46(48)50-45(26-13-29-49(50)52)38-18-10-21-41(34-38)51(47-28-12-17-36-15-5-7-23-44(36)47)40-32-30-37(31-33-40)43-25-11-16-35-14-4-6-22-42(35)43/h1-34H. The largest absolute Gasteiger partial charge is 0.310 e. The Morgan fingerprint density at radius 2 is 0.942 bits per heavy atom. The van der Waals surface area contributed by atoms with Gasteiger partial charge >= 0.3 is 0 Å². The number of aromatic nitrogens is 1. The Balaban J connectivity index is 1.16. The number of para-hydroxylation sites is 2. The molecule has 0 bridgehead atoms. The maximum absolute atomic E-state index is 2.41. The summed E-state index contributed by atoms with van der Waals surface area (Å²) in [6, 6.07) is 74.7. The zero-order valence-electron chi connectivity index (χ0n) is 28.5. The predicted molar refractivity (Wildman–Crippen MR) is 221 cm³/mol. The summed E-state index contributed by atoms with van der Waals surface area (Å²) in [7, 11) is 0. The van der Waals surface area contributed by atoms with Gasteiger partial charge in [0, 0.05) is 33.2 Å². The predicted octanol–water partition coefficient (Wildman–Crippen LogP) is 13.9. The summed E-state index contributed by atoms with van der Waals surface area (Å²) in [6.07, 6.45) is 0. The molecule has 0 N–H and O–H groups in total. The summed E-state index contributed by atoms with van der Waals surface area (Å²) in [6.45, 7) is 0. The first-order valence-electron chi connectivity index (χ1n) is 17.9. The Morgan fingerprint density at radius 1 is 0.346 bits per heavy atom. The molecule has 0 aliphatic rings. The van der Waals surface area contributed by atoms with Crippen LogP contribution in [-0.4, -0.2) is 4.57 Å². The quantitative estimate of drug-likeness (QED) is 0.172. The average Bonchev–Trinajstić information content (AvgIpc) is 3.56. The lowest BCUT2D eigenvalue weighted by atomic mass is 9.97. The molecule has 1 aromatic heterocycles. The molecule has 0 aliphatic carbocycles. The Morgan fingerprint density at radius 3 is 1.77 bits per heavy atom. The first-order chi connectivity index (χ1) is 25.8. The van der Waals surface area contributed by atoms with E-state index in [4.69, 9.17) is 0 Å². The van der Waals surface area contributed by atoms with Crippen molar-refractivity contribution in [2.75, 3.05) is 4.90 Å². The molecular weight excluding hydrogens is 629 g/mol. The van der Waals surface area contributed by atoms with Crippen LogP contribution in [0.15, 0.2) is 206 Å². The molecule has 10 rings (SSSR count). The van der Waals surface area contributed by atoms with E-state index >= 15 is 0 Å². The molecule has 0 aliphatic heterocycles. The van der Waals surface area contributed by atoms with Gasteiger partial charge in [0.15, 0.2) is 0 Å². The molecule has 10 aromatic rings. The van der Waals surface area contributed by atoms with Crippen LogP contribution in [0.3, 0.4) is 0 Å². The van der Waals surface area contributed by atoms with Crippen LogP contribution in [-0.2, 0) is 0 Å². The van der Waals surface area contributed by atoms with Crippen molar-refractivity contribution in [2.24, 2.45) is 0 Å². The van der Waals surface area contributed by atoms with E-state index in [0.717, 1.165) is 22.7 Å². The number of benzene rings is 9. The van der Waals surface area contributed by atoms with Crippen molar-refractivity contribution in [3.05, 3.63) is 206 Å². The average molecular weight is 663 g/mol. The van der Waals surface area contributed by atoms with Crippen LogP contribution in [0.5, 0.6) is 0 Å². The van der Waals surface area contributed by atoms with E-state index in [1.807, 2.05) is 0 Å². The van der Waals surface area contributed by atoms with E-state index in [9.17, 15) is 0 Å². The first-order valence-corrected chi connectivity index (χ1v) is 17.9. The lowest BCUT2D eigenvalue weighted by molar-refractivity contribution is 1.18. The summed E-state index contributed by atoms with van der Waals surface area (Å²) in [5.74, 6) is 0. The fourth-order valence-electron chi connectivity index (χ4n) is 8.03. The molecule has 0 amide bonds. The van der Waals surface area contributed by atoms with Crippen LogP contribution in [0.1, 0.15) is 0 Å². The molecule has 0 saturated carbocycles. The van der Waals surface area contributed by atoms with Gasteiger partial charge in [-0.15, -0.1) is 0 Å². The first kappa shape index (κ1) is 30.0. The second-order valence-corrected chi connectivity index (χ2v) is 13.3. The Kier molecular flexibility index (Phi) is 7.18. The van der Waals surface area contributed by atoms with Gasteiger partial charge in [-0.2, -0.15) is 0 Å². The Labute approximate surface area is 303 Å². The van der Waals surface area contributed by atoms with E-state index < -0.39 is 0 Å². The minimum absolute atomic E-state index is 1.11. The van der Waals surface area contributed by atoms with Gasteiger partial charge in [-0.1, -0.05) is 152 Å². The Hall–Kier alpha value is -6.90. The minimum Gasteiger partial charge on any atom is -0.310 e. The van der Waals surface area contributed by atoms with Crippen molar-refractivity contribution in [1.82, 2.24) is 4.57 Å². The second-order valence-electron chi connectivity index (χ2n) is 13.3. The molecule has 2 heteroatoms. The van der Waals surface area contributed by atoms with E-state index in [1.165, 1.54) is 65.6 Å². The number of hydrogen-bond acceptors (Lipinski definition) is 1. The minimum atomic E-state index is 1.11. The van der Waals surface area contributed by atoms with Crippen molar-refractivity contribution >= 4 is 60.4 Å². The Bertz CT molecular complexity index is 2890. The fourth-order valence-corrected chi connectivity index (χ4v) is 8.03. The van der Waals surface area contributed by atoms with Gasteiger partial charge in [0.2, 0.25) is 0 Å². The molecule has 0 radical (unpaired) electrons. The van der Waals surface area contributed by atoms with Gasteiger partial charge in [-0.3, -0.25) is 0 Å². The molecule has 0 saturated heterocycles. The van der Waals surface area contributed by atoms with Crippen molar-refractivity contribution < 1.29 is 0 Å². The molecule has 1 heterocycles. The molecule has 0 unspecified atom stereocenters. The molecular formula is C50H34N2. The molecule has 0 atom stereocenters. The van der Waals surface area contributed by atoms with Gasteiger partial charge in [0.1, 0.15) is 0 Å². The number of anilines is 3. The zero-order chi connectivity index (χ0) is 34.4.